The Bertz CT molecular complexity index is 450. The summed E-state index contributed by atoms with van der Waals surface area (Å²) in [5.41, 5.74) is 0.625. The lowest BCUT2D eigenvalue weighted by atomic mass is 10.1. The summed E-state index contributed by atoms with van der Waals surface area (Å²) in [4.78, 5) is 12.0. The van der Waals surface area contributed by atoms with Crippen LogP contribution in [0.4, 0.5) is 0 Å². The molecule has 1 fully saturated rings. The molecule has 3 rings (SSSR count). The van der Waals surface area contributed by atoms with E-state index in [1.54, 1.807) is 12.1 Å². The second-order valence-corrected chi connectivity index (χ2v) is 5.58. The van der Waals surface area contributed by atoms with Gasteiger partial charge in [0.15, 0.2) is 0 Å². The topological polar surface area (TPSA) is 26.3 Å². The highest BCUT2D eigenvalue weighted by Gasteiger charge is 2.40. The average molecular weight is 293 g/mol. The lowest BCUT2D eigenvalue weighted by Gasteiger charge is -2.16. The number of carbonyl (C=O) groups is 1. The van der Waals surface area contributed by atoms with E-state index in [4.69, 9.17) is 4.74 Å². The van der Waals surface area contributed by atoms with Gasteiger partial charge in [-0.15, -0.1) is 0 Å². The molecule has 1 unspecified atom stereocenters. The van der Waals surface area contributed by atoms with E-state index >= 15 is 0 Å². The number of hydrogen-bond donors (Lipinski definition) is 0. The molecule has 2 nitrogen and oxygen atoms in total. The third-order valence-electron chi connectivity index (χ3n) is 3.61. The molecule has 1 aromatic rings. The molecule has 2 aliphatic carbocycles. The maximum Gasteiger partial charge on any atom is 0.338 e. The predicted molar refractivity (Wildman–Crippen MR) is 68.7 cm³/mol. The summed E-state index contributed by atoms with van der Waals surface area (Å²) in [6.07, 6.45) is 6.76. The first-order valence-electron chi connectivity index (χ1n) is 5.89. The maximum absolute atomic E-state index is 12.0. The zero-order valence-corrected chi connectivity index (χ0v) is 10.9. The van der Waals surface area contributed by atoms with Crippen LogP contribution in [0.1, 0.15) is 23.2 Å². The summed E-state index contributed by atoms with van der Waals surface area (Å²) in [6, 6.07) is 7.30. The Morgan fingerprint density at radius 3 is 2.24 bits per heavy atom. The smallest absolute Gasteiger partial charge is 0.338 e. The monoisotopic (exact) mass is 292 g/mol. The van der Waals surface area contributed by atoms with Crippen LogP contribution in [0.25, 0.3) is 0 Å². The van der Waals surface area contributed by atoms with Gasteiger partial charge < -0.3 is 4.74 Å². The van der Waals surface area contributed by atoms with Crippen molar-refractivity contribution in [1.82, 2.24) is 0 Å². The number of benzene rings is 1. The third kappa shape index (κ3) is 2.04. The fourth-order valence-corrected chi connectivity index (χ4v) is 2.94. The summed E-state index contributed by atoms with van der Waals surface area (Å²) < 4.78 is 6.58. The lowest BCUT2D eigenvalue weighted by molar-refractivity contribution is 0.0210. The Kier molecular flexibility index (Phi) is 2.79. The average Bonchev–Trinajstić information content (AvgIpc) is 2.90. The van der Waals surface area contributed by atoms with Gasteiger partial charge in [0.05, 0.1) is 5.56 Å². The van der Waals surface area contributed by atoms with Gasteiger partial charge in [0.1, 0.15) is 6.10 Å². The minimum atomic E-state index is -0.205. The van der Waals surface area contributed by atoms with E-state index in [1.807, 2.05) is 12.1 Å². The van der Waals surface area contributed by atoms with Crippen molar-refractivity contribution < 1.29 is 9.53 Å². The van der Waals surface area contributed by atoms with Crippen LogP contribution in [-0.4, -0.2) is 12.1 Å². The van der Waals surface area contributed by atoms with Gasteiger partial charge in [-0.05, 0) is 37.1 Å². The Morgan fingerprint density at radius 2 is 1.71 bits per heavy atom. The van der Waals surface area contributed by atoms with Crippen molar-refractivity contribution in [3.05, 3.63) is 46.5 Å². The van der Waals surface area contributed by atoms with Gasteiger partial charge in [-0.2, -0.15) is 0 Å². The van der Waals surface area contributed by atoms with Gasteiger partial charge in [-0.3, -0.25) is 0 Å². The molecular weight excluding hydrogens is 280 g/mol. The molecule has 0 spiro atoms. The first-order valence-corrected chi connectivity index (χ1v) is 6.68. The molecule has 2 aliphatic rings. The van der Waals surface area contributed by atoms with Crippen LogP contribution in [0, 0.1) is 11.8 Å². The summed E-state index contributed by atoms with van der Waals surface area (Å²) in [6.45, 7) is 0. The molecule has 1 saturated carbocycles. The molecule has 0 N–H and O–H groups in total. The van der Waals surface area contributed by atoms with Gasteiger partial charge in [-0.1, -0.05) is 28.1 Å². The van der Waals surface area contributed by atoms with Crippen LogP contribution in [0.5, 0.6) is 0 Å². The first kappa shape index (κ1) is 11.0. The highest BCUT2D eigenvalue weighted by molar-refractivity contribution is 9.10. The second kappa shape index (κ2) is 4.30. The van der Waals surface area contributed by atoms with Crippen molar-refractivity contribution in [2.45, 2.75) is 18.9 Å². The minimum Gasteiger partial charge on any atom is -0.458 e. The van der Waals surface area contributed by atoms with Crippen LogP contribution in [-0.2, 0) is 4.74 Å². The van der Waals surface area contributed by atoms with Crippen molar-refractivity contribution in [2.75, 3.05) is 0 Å². The lowest BCUT2D eigenvalue weighted by Crippen LogP contribution is -2.23. The molecule has 0 aliphatic heterocycles. The SMILES string of the molecule is O=C(OC1[C@@H]2C=C[C@H]1CC2)c1ccc(Br)cc1. The van der Waals surface area contributed by atoms with Gasteiger partial charge in [0.25, 0.3) is 0 Å². The molecule has 0 saturated heterocycles. The van der Waals surface area contributed by atoms with Crippen LogP contribution in [0.15, 0.2) is 40.9 Å². The van der Waals surface area contributed by atoms with Crippen LogP contribution in [0.3, 0.4) is 0 Å². The number of fused-ring (bicyclic) bond motifs is 2. The highest BCUT2D eigenvalue weighted by atomic mass is 79.9. The number of hydrogen-bond acceptors (Lipinski definition) is 2. The van der Waals surface area contributed by atoms with E-state index in [2.05, 4.69) is 28.1 Å². The highest BCUT2D eigenvalue weighted by Crippen LogP contribution is 2.41. The van der Waals surface area contributed by atoms with Crippen LogP contribution >= 0.6 is 15.9 Å². The normalized spacial score (nSPS) is 29.6. The Balaban J connectivity index is 1.70. The number of halogens is 1. The quantitative estimate of drug-likeness (QED) is 0.615. The standard InChI is InChI=1S/C14H13BrO2/c15-12-7-5-11(6-8-12)14(16)17-13-9-1-2-10(13)4-3-9/h1-2,5-10,13H,3-4H2/t9-,10+,13?. The number of carbonyl (C=O) groups excluding carboxylic acids is 1. The Hall–Kier alpha value is -1.09. The molecule has 1 aromatic carbocycles. The molecule has 0 aromatic heterocycles. The summed E-state index contributed by atoms with van der Waals surface area (Å²) in [5, 5.41) is 0. The molecule has 0 amide bonds. The van der Waals surface area contributed by atoms with Gasteiger partial charge in [0, 0.05) is 16.3 Å². The summed E-state index contributed by atoms with van der Waals surface area (Å²) in [7, 11) is 0. The number of ether oxygens (including phenoxy) is 1. The van der Waals surface area contributed by atoms with E-state index in [-0.39, 0.29) is 12.1 Å². The third-order valence-corrected chi connectivity index (χ3v) is 4.13. The first-order chi connectivity index (χ1) is 8.24. The molecule has 3 atom stereocenters. The molecule has 2 bridgehead atoms. The van der Waals surface area contributed by atoms with E-state index in [1.165, 1.54) is 0 Å². The van der Waals surface area contributed by atoms with E-state index in [0.717, 1.165) is 17.3 Å². The van der Waals surface area contributed by atoms with Crippen LogP contribution < -0.4 is 0 Å². The van der Waals surface area contributed by atoms with E-state index < -0.39 is 0 Å². The zero-order valence-electron chi connectivity index (χ0n) is 9.30. The summed E-state index contributed by atoms with van der Waals surface area (Å²) in [5.74, 6) is 0.682. The molecule has 0 heterocycles. The number of esters is 1. The minimum absolute atomic E-state index is 0.0751. The second-order valence-electron chi connectivity index (χ2n) is 4.67. The van der Waals surface area contributed by atoms with Gasteiger partial charge >= 0.3 is 5.97 Å². The van der Waals surface area contributed by atoms with Crippen LogP contribution in [0.2, 0.25) is 0 Å². The van der Waals surface area contributed by atoms with Crippen molar-refractivity contribution >= 4 is 21.9 Å². The largest absolute Gasteiger partial charge is 0.458 e. The molecule has 17 heavy (non-hydrogen) atoms. The molecular formula is C14H13BrO2. The Morgan fingerprint density at radius 1 is 1.12 bits per heavy atom. The maximum atomic E-state index is 12.0. The Labute approximate surface area is 109 Å². The zero-order chi connectivity index (χ0) is 11.8. The fraction of sp³-hybridized carbons (Fsp3) is 0.357. The molecule has 88 valence electrons. The van der Waals surface area contributed by atoms with E-state index in [9.17, 15) is 4.79 Å². The van der Waals surface area contributed by atoms with Crippen molar-refractivity contribution in [1.29, 1.82) is 0 Å². The molecule has 3 heteroatoms. The van der Waals surface area contributed by atoms with Gasteiger partial charge in [-0.25, -0.2) is 4.79 Å². The van der Waals surface area contributed by atoms with Crippen molar-refractivity contribution in [2.24, 2.45) is 11.8 Å². The van der Waals surface area contributed by atoms with E-state index in [0.29, 0.717) is 17.4 Å². The van der Waals surface area contributed by atoms with Gasteiger partial charge in [0.2, 0.25) is 0 Å². The van der Waals surface area contributed by atoms with Crippen molar-refractivity contribution in [3.63, 3.8) is 0 Å². The fourth-order valence-electron chi connectivity index (χ4n) is 2.68. The van der Waals surface area contributed by atoms with Crippen molar-refractivity contribution in [3.8, 4) is 0 Å². The molecule has 0 radical (unpaired) electrons. The number of rotatable bonds is 2. The predicted octanol–water partition coefficient (Wildman–Crippen LogP) is 3.57. The summed E-state index contributed by atoms with van der Waals surface area (Å²) >= 11 is 3.35.